The van der Waals surface area contributed by atoms with E-state index in [1.165, 1.54) is 16.7 Å². The van der Waals surface area contributed by atoms with Crippen molar-refractivity contribution in [2.45, 2.75) is 38.2 Å². The van der Waals surface area contributed by atoms with Crippen LogP contribution in [0.1, 0.15) is 23.7 Å². The topological polar surface area (TPSA) is 43.6 Å². The van der Waals surface area contributed by atoms with Crippen LogP contribution in [-0.4, -0.2) is 19.7 Å². The molecule has 0 fully saturated rings. The third-order valence-electron chi connectivity index (χ3n) is 4.59. The highest BCUT2D eigenvalue weighted by atomic mass is 32.2. The van der Waals surface area contributed by atoms with Crippen LogP contribution < -0.4 is 0 Å². The molecule has 0 N–H and O–H groups in total. The Bertz CT molecular complexity index is 1100. The van der Waals surface area contributed by atoms with E-state index in [1.807, 2.05) is 0 Å². The Kier molecular flexibility index (Phi) is 5.59. The first kappa shape index (κ1) is 18.9. The van der Waals surface area contributed by atoms with E-state index in [0.717, 1.165) is 39.5 Å². The second-order valence-electron chi connectivity index (χ2n) is 6.67. The lowest BCUT2D eigenvalue weighted by Crippen LogP contribution is -2.00. The lowest BCUT2D eigenvalue weighted by Gasteiger charge is -2.07. The first-order chi connectivity index (χ1) is 13.7. The summed E-state index contributed by atoms with van der Waals surface area (Å²) in [4.78, 5) is 4.83. The minimum Gasteiger partial charge on any atom is -0.302 e. The third kappa shape index (κ3) is 3.88. The van der Waals surface area contributed by atoms with Gasteiger partial charge in [-0.05, 0) is 32.4 Å². The maximum absolute atomic E-state index is 4.83. The quantitative estimate of drug-likeness (QED) is 0.369. The van der Waals surface area contributed by atoms with Gasteiger partial charge < -0.3 is 4.57 Å². The van der Waals surface area contributed by atoms with E-state index in [0.29, 0.717) is 0 Å². The van der Waals surface area contributed by atoms with Crippen molar-refractivity contribution >= 4 is 23.1 Å². The van der Waals surface area contributed by atoms with Crippen LogP contribution in [0.2, 0.25) is 0 Å². The van der Waals surface area contributed by atoms with Gasteiger partial charge in [0.2, 0.25) is 0 Å². The van der Waals surface area contributed by atoms with Crippen LogP contribution in [0, 0.1) is 13.8 Å². The summed E-state index contributed by atoms with van der Waals surface area (Å²) in [6, 6.07) is 16.8. The molecule has 0 unspecified atom stereocenters. The molecule has 0 bridgehead atoms. The van der Waals surface area contributed by atoms with E-state index in [9.17, 15) is 0 Å². The molecule has 0 saturated heterocycles. The average Bonchev–Trinajstić information content (AvgIpc) is 3.33. The summed E-state index contributed by atoms with van der Waals surface area (Å²) in [6.45, 7) is 7.19. The van der Waals surface area contributed by atoms with Crippen LogP contribution in [0.4, 0.5) is 0 Å². The van der Waals surface area contributed by atoms with Crippen molar-refractivity contribution in [1.82, 2.24) is 19.7 Å². The molecule has 0 saturated carbocycles. The largest absolute Gasteiger partial charge is 0.302 e. The zero-order chi connectivity index (χ0) is 19.5. The number of aromatic nitrogens is 4. The molecule has 0 aliphatic carbocycles. The summed E-state index contributed by atoms with van der Waals surface area (Å²) in [5.41, 5.74) is 5.88. The zero-order valence-electron chi connectivity index (χ0n) is 16.2. The molecular formula is C22H22N4S2. The van der Waals surface area contributed by atoms with Gasteiger partial charge >= 0.3 is 0 Å². The van der Waals surface area contributed by atoms with Crippen molar-refractivity contribution in [3.05, 3.63) is 70.7 Å². The summed E-state index contributed by atoms with van der Waals surface area (Å²) in [5, 5.41) is 13.0. The number of thioether (sulfide) groups is 1. The zero-order valence-corrected chi connectivity index (χ0v) is 17.8. The third-order valence-corrected chi connectivity index (χ3v) is 6.51. The smallest absolute Gasteiger partial charge is 0.191 e. The van der Waals surface area contributed by atoms with Gasteiger partial charge in [-0.15, -0.1) is 21.5 Å². The van der Waals surface area contributed by atoms with Crippen LogP contribution in [0.25, 0.3) is 22.0 Å². The lowest BCUT2D eigenvalue weighted by molar-refractivity contribution is 0.687. The molecule has 0 spiro atoms. The highest BCUT2D eigenvalue weighted by Gasteiger charge is 2.14. The van der Waals surface area contributed by atoms with Gasteiger partial charge in [0.1, 0.15) is 5.01 Å². The molecule has 4 nitrogen and oxygen atoms in total. The first-order valence-corrected chi connectivity index (χ1v) is 11.2. The summed E-state index contributed by atoms with van der Waals surface area (Å²) < 4.78 is 2.17. The molecule has 28 heavy (non-hydrogen) atoms. The number of benzene rings is 2. The molecule has 4 rings (SSSR count). The SMILES string of the molecule is CCn1c(SCc2csc(-c3ccccc3C)n2)nnc1-c1cccc(C)c1. The molecule has 6 heteroatoms. The van der Waals surface area contributed by atoms with E-state index in [-0.39, 0.29) is 0 Å². The Morgan fingerprint density at radius 3 is 2.68 bits per heavy atom. The molecule has 142 valence electrons. The van der Waals surface area contributed by atoms with E-state index in [4.69, 9.17) is 4.98 Å². The summed E-state index contributed by atoms with van der Waals surface area (Å²) in [5.74, 6) is 1.71. The van der Waals surface area contributed by atoms with Crippen molar-refractivity contribution in [1.29, 1.82) is 0 Å². The fourth-order valence-corrected chi connectivity index (χ4v) is 5.04. The maximum Gasteiger partial charge on any atom is 0.191 e. The maximum atomic E-state index is 4.83. The molecule has 0 aliphatic heterocycles. The first-order valence-electron chi connectivity index (χ1n) is 9.29. The monoisotopic (exact) mass is 406 g/mol. The van der Waals surface area contributed by atoms with Gasteiger partial charge in [0.05, 0.1) is 5.69 Å². The molecule has 2 aromatic heterocycles. The van der Waals surface area contributed by atoms with E-state index in [2.05, 4.69) is 89.4 Å². The predicted molar refractivity (Wildman–Crippen MR) is 118 cm³/mol. The second-order valence-corrected chi connectivity index (χ2v) is 8.47. The Balaban J connectivity index is 1.52. The molecule has 2 aromatic carbocycles. The molecule has 0 aliphatic rings. The number of hydrogen-bond acceptors (Lipinski definition) is 5. The van der Waals surface area contributed by atoms with Gasteiger partial charge in [-0.3, -0.25) is 0 Å². The fourth-order valence-electron chi connectivity index (χ4n) is 3.13. The van der Waals surface area contributed by atoms with Gasteiger partial charge in [-0.1, -0.05) is 59.8 Å². The van der Waals surface area contributed by atoms with E-state index < -0.39 is 0 Å². The number of hydrogen-bond donors (Lipinski definition) is 0. The predicted octanol–water partition coefficient (Wildman–Crippen LogP) is 6.00. The van der Waals surface area contributed by atoms with Crippen LogP contribution in [-0.2, 0) is 12.3 Å². The molecule has 0 amide bonds. The van der Waals surface area contributed by atoms with Gasteiger partial charge in [-0.2, -0.15) is 0 Å². The van der Waals surface area contributed by atoms with Crippen LogP contribution in [0.15, 0.2) is 59.1 Å². The van der Waals surface area contributed by atoms with Crippen molar-refractivity contribution in [3.8, 4) is 22.0 Å². The minimum atomic E-state index is 0.786. The Hall–Kier alpha value is -2.44. The van der Waals surface area contributed by atoms with Crippen LogP contribution in [0.3, 0.4) is 0 Å². The summed E-state index contributed by atoms with van der Waals surface area (Å²) in [7, 11) is 0. The highest BCUT2D eigenvalue weighted by molar-refractivity contribution is 7.98. The van der Waals surface area contributed by atoms with E-state index in [1.54, 1.807) is 23.1 Å². The molecule has 0 atom stereocenters. The number of aryl methyl sites for hydroxylation is 2. The van der Waals surface area contributed by atoms with Crippen molar-refractivity contribution in [2.24, 2.45) is 0 Å². The van der Waals surface area contributed by atoms with Crippen molar-refractivity contribution in [2.75, 3.05) is 0 Å². The van der Waals surface area contributed by atoms with Crippen LogP contribution >= 0.6 is 23.1 Å². The number of rotatable bonds is 6. The average molecular weight is 407 g/mol. The molecule has 4 aromatic rings. The minimum absolute atomic E-state index is 0.786. The molecule has 2 heterocycles. The van der Waals surface area contributed by atoms with E-state index >= 15 is 0 Å². The van der Waals surface area contributed by atoms with Crippen LogP contribution in [0.5, 0.6) is 0 Å². The fraction of sp³-hybridized carbons (Fsp3) is 0.227. The normalized spacial score (nSPS) is 11.1. The molecular weight excluding hydrogens is 384 g/mol. The Morgan fingerprint density at radius 2 is 1.89 bits per heavy atom. The summed E-state index contributed by atoms with van der Waals surface area (Å²) in [6.07, 6.45) is 0. The second kappa shape index (κ2) is 8.29. The lowest BCUT2D eigenvalue weighted by atomic mass is 10.1. The van der Waals surface area contributed by atoms with Crippen molar-refractivity contribution < 1.29 is 0 Å². The number of nitrogens with zero attached hydrogens (tertiary/aromatic N) is 4. The molecule has 0 radical (unpaired) electrons. The van der Waals surface area contributed by atoms with Crippen molar-refractivity contribution in [3.63, 3.8) is 0 Å². The highest BCUT2D eigenvalue weighted by Crippen LogP contribution is 2.30. The standard InChI is InChI=1S/C22H22N4S2/c1-4-26-20(17-10-7-8-15(2)12-17)24-25-22(26)28-14-18-13-27-21(23-18)19-11-6-5-9-16(19)3/h5-13H,4,14H2,1-3H3. The van der Waals surface area contributed by atoms with Gasteiger partial charge in [-0.25, -0.2) is 4.98 Å². The summed E-state index contributed by atoms with van der Waals surface area (Å²) >= 11 is 3.39. The number of thiazole rings is 1. The Labute approximate surface area is 173 Å². The van der Waals surface area contributed by atoms with Gasteiger partial charge in [0.25, 0.3) is 0 Å². The Morgan fingerprint density at radius 1 is 1.04 bits per heavy atom. The van der Waals surface area contributed by atoms with Gasteiger partial charge in [0, 0.05) is 28.8 Å². The van der Waals surface area contributed by atoms with Gasteiger partial charge in [0.15, 0.2) is 11.0 Å².